The topological polar surface area (TPSA) is 43.1 Å². The minimum atomic E-state index is -0.282. The maximum atomic E-state index is 10.3. The number of carbonyl (C=O) groups excluding carboxylic acids is 1. The van der Waals surface area contributed by atoms with E-state index < -0.39 is 0 Å². The number of nitrogens with two attached hydrogens (primary N) is 1. The van der Waals surface area contributed by atoms with E-state index in [1.807, 2.05) is 0 Å². The number of rotatable bonds is 1. The third-order valence-electron chi connectivity index (χ3n) is 1.18. The second kappa shape index (κ2) is 1.87. The van der Waals surface area contributed by atoms with Crippen molar-refractivity contribution in [3.05, 3.63) is 0 Å². The maximum absolute atomic E-state index is 10.3. The van der Waals surface area contributed by atoms with Gasteiger partial charge in [-0.05, 0) is 6.42 Å². The van der Waals surface area contributed by atoms with Gasteiger partial charge in [0.05, 0.1) is 5.92 Å². The fourth-order valence-corrected chi connectivity index (χ4v) is 0.697. The summed E-state index contributed by atoms with van der Waals surface area (Å²) in [6.45, 7) is 0. The van der Waals surface area contributed by atoms with Crippen LogP contribution in [0.1, 0.15) is 12.8 Å². The molecule has 1 unspecified atom stereocenters. The molecular formula is C6H7NO. The van der Waals surface area contributed by atoms with E-state index in [4.69, 9.17) is 5.73 Å². The van der Waals surface area contributed by atoms with Gasteiger partial charge in [-0.2, -0.15) is 0 Å². The lowest BCUT2D eigenvalue weighted by Crippen LogP contribution is -2.19. The quantitative estimate of drug-likeness (QED) is 0.469. The molecule has 0 radical (unpaired) electrons. The molecule has 0 aromatic carbocycles. The van der Waals surface area contributed by atoms with Crippen molar-refractivity contribution in [1.29, 1.82) is 0 Å². The van der Waals surface area contributed by atoms with Crippen LogP contribution in [0.4, 0.5) is 0 Å². The Balaban J connectivity index is 2.53. The van der Waals surface area contributed by atoms with E-state index in [1.54, 1.807) is 0 Å². The fraction of sp³-hybridized carbons (Fsp3) is 0.500. The van der Waals surface area contributed by atoms with Crippen LogP contribution in [0.2, 0.25) is 0 Å². The van der Waals surface area contributed by atoms with Crippen molar-refractivity contribution < 1.29 is 4.79 Å². The van der Waals surface area contributed by atoms with Crippen LogP contribution in [0.3, 0.4) is 0 Å². The second-order valence-corrected chi connectivity index (χ2v) is 1.81. The molecule has 2 heteroatoms. The van der Waals surface area contributed by atoms with E-state index in [-0.39, 0.29) is 11.8 Å². The number of carbonyl (C=O) groups is 1. The molecule has 42 valence electrons. The van der Waals surface area contributed by atoms with Gasteiger partial charge in [-0.1, -0.05) is 5.92 Å². The van der Waals surface area contributed by atoms with Gasteiger partial charge in [0.25, 0.3) is 0 Å². The second-order valence-electron chi connectivity index (χ2n) is 1.81. The molecule has 0 spiro atoms. The summed E-state index contributed by atoms with van der Waals surface area (Å²) < 4.78 is 0. The molecule has 8 heavy (non-hydrogen) atoms. The van der Waals surface area contributed by atoms with E-state index >= 15 is 0 Å². The Kier molecular flexibility index (Phi) is 1.21. The summed E-state index contributed by atoms with van der Waals surface area (Å²) in [5.41, 5.74) is 4.96. The zero-order valence-electron chi connectivity index (χ0n) is 4.48. The molecule has 2 nitrogen and oxygen atoms in total. The summed E-state index contributed by atoms with van der Waals surface area (Å²) in [6, 6.07) is 0. The Morgan fingerprint density at radius 3 is 2.75 bits per heavy atom. The molecule has 0 aromatic heterocycles. The van der Waals surface area contributed by atoms with Gasteiger partial charge >= 0.3 is 0 Å². The minimum Gasteiger partial charge on any atom is -0.369 e. The van der Waals surface area contributed by atoms with Gasteiger partial charge in [-0.15, -0.1) is 5.92 Å². The molecule has 0 saturated carbocycles. The Labute approximate surface area is 48.1 Å². The van der Waals surface area contributed by atoms with Crippen molar-refractivity contribution in [1.82, 2.24) is 0 Å². The molecule has 0 heterocycles. The summed E-state index contributed by atoms with van der Waals surface area (Å²) in [7, 11) is 0. The Hall–Kier alpha value is -0.970. The maximum Gasteiger partial charge on any atom is 0.232 e. The highest BCUT2D eigenvalue weighted by Gasteiger charge is 2.13. The molecule has 0 aliphatic heterocycles. The largest absolute Gasteiger partial charge is 0.369 e. The molecule has 0 aromatic rings. The Bertz CT molecular complexity index is 163. The summed E-state index contributed by atoms with van der Waals surface area (Å²) >= 11 is 0. The average molecular weight is 109 g/mol. The van der Waals surface area contributed by atoms with Gasteiger partial charge in [0.15, 0.2) is 0 Å². The first kappa shape index (κ1) is 5.17. The molecule has 0 saturated heterocycles. The van der Waals surface area contributed by atoms with Crippen molar-refractivity contribution in [3.63, 3.8) is 0 Å². The lowest BCUT2D eigenvalue weighted by atomic mass is 10.1. The van der Waals surface area contributed by atoms with Gasteiger partial charge in [0.2, 0.25) is 5.91 Å². The molecule has 1 aliphatic carbocycles. The number of hydrogen-bond acceptors (Lipinski definition) is 1. The Morgan fingerprint density at radius 1 is 1.75 bits per heavy atom. The van der Waals surface area contributed by atoms with Crippen LogP contribution in [-0.4, -0.2) is 5.91 Å². The first-order chi connectivity index (χ1) is 3.80. The van der Waals surface area contributed by atoms with E-state index in [0.29, 0.717) is 0 Å². The molecule has 1 atom stereocenters. The van der Waals surface area contributed by atoms with Gasteiger partial charge in [0.1, 0.15) is 0 Å². The number of amides is 1. The third kappa shape index (κ3) is 0.812. The Morgan fingerprint density at radius 2 is 2.50 bits per heavy atom. The highest BCUT2D eigenvalue weighted by molar-refractivity contribution is 5.80. The number of primary amides is 1. The lowest BCUT2D eigenvalue weighted by molar-refractivity contribution is -0.120. The first-order valence-corrected chi connectivity index (χ1v) is 2.58. The van der Waals surface area contributed by atoms with Crippen molar-refractivity contribution in [2.24, 2.45) is 11.7 Å². The summed E-state index contributed by atoms with van der Waals surface area (Å²) in [5, 5.41) is 0. The van der Waals surface area contributed by atoms with E-state index in [2.05, 4.69) is 11.8 Å². The third-order valence-corrected chi connectivity index (χ3v) is 1.18. The summed E-state index contributed by atoms with van der Waals surface area (Å²) in [5.74, 6) is 5.09. The predicted octanol–water partition coefficient (Wildman–Crippen LogP) is -0.115. The SMILES string of the molecule is NC(=O)C1C#CCC1. The smallest absolute Gasteiger partial charge is 0.232 e. The zero-order valence-corrected chi connectivity index (χ0v) is 4.48. The normalized spacial score (nSPS) is 24.2. The van der Waals surface area contributed by atoms with Crippen LogP contribution in [0, 0.1) is 17.8 Å². The van der Waals surface area contributed by atoms with Gasteiger partial charge in [-0.3, -0.25) is 4.79 Å². The highest BCUT2D eigenvalue weighted by atomic mass is 16.1. The highest BCUT2D eigenvalue weighted by Crippen LogP contribution is 2.08. The lowest BCUT2D eigenvalue weighted by Gasteiger charge is -1.95. The van der Waals surface area contributed by atoms with Crippen LogP contribution >= 0.6 is 0 Å². The molecule has 0 fully saturated rings. The standard InChI is InChI=1S/C6H7NO/c7-6(8)5-3-1-2-4-5/h5H,1,3H2,(H2,7,8). The van der Waals surface area contributed by atoms with E-state index in [1.165, 1.54) is 0 Å². The molecule has 2 N–H and O–H groups in total. The summed E-state index contributed by atoms with van der Waals surface area (Å²) in [4.78, 5) is 10.3. The minimum absolute atomic E-state index is 0.157. The van der Waals surface area contributed by atoms with Gasteiger partial charge in [0, 0.05) is 6.42 Å². The van der Waals surface area contributed by atoms with E-state index in [9.17, 15) is 4.79 Å². The van der Waals surface area contributed by atoms with Crippen molar-refractivity contribution in [3.8, 4) is 11.8 Å². The monoisotopic (exact) mass is 109 g/mol. The molecule has 1 aliphatic rings. The van der Waals surface area contributed by atoms with Gasteiger partial charge < -0.3 is 5.73 Å². The molecular weight excluding hydrogens is 102 g/mol. The van der Waals surface area contributed by atoms with Crippen LogP contribution in [0.25, 0.3) is 0 Å². The van der Waals surface area contributed by atoms with Crippen LogP contribution in [-0.2, 0) is 4.79 Å². The van der Waals surface area contributed by atoms with Crippen LogP contribution in [0.15, 0.2) is 0 Å². The predicted molar refractivity (Wildman–Crippen MR) is 29.7 cm³/mol. The first-order valence-electron chi connectivity index (χ1n) is 2.58. The van der Waals surface area contributed by atoms with Crippen LogP contribution < -0.4 is 5.73 Å². The van der Waals surface area contributed by atoms with Crippen molar-refractivity contribution in [2.45, 2.75) is 12.8 Å². The molecule has 0 bridgehead atoms. The average Bonchev–Trinajstić information content (AvgIpc) is 2.12. The van der Waals surface area contributed by atoms with Crippen molar-refractivity contribution in [2.75, 3.05) is 0 Å². The van der Waals surface area contributed by atoms with Crippen molar-refractivity contribution >= 4 is 5.91 Å². The summed E-state index contributed by atoms with van der Waals surface area (Å²) in [6.07, 6.45) is 1.63. The van der Waals surface area contributed by atoms with Gasteiger partial charge in [-0.25, -0.2) is 0 Å². The fourth-order valence-electron chi connectivity index (χ4n) is 0.697. The number of hydrogen-bond donors (Lipinski definition) is 1. The molecule has 1 amide bonds. The van der Waals surface area contributed by atoms with E-state index in [0.717, 1.165) is 12.8 Å². The molecule has 1 rings (SSSR count). The zero-order chi connectivity index (χ0) is 5.98. The van der Waals surface area contributed by atoms with Crippen LogP contribution in [0.5, 0.6) is 0 Å².